The highest BCUT2D eigenvalue weighted by Crippen LogP contribution is 2.12. The first-order valence-electron chi connectivity index (χ1n) is 5.69. The fourth-order valence-corrected chi connectivity index (χ4v) is 1.87. The van der Waals surface area contributed by atoms with Crippen LogP contribution in [0.5, 0.6) is 0 Å². The number of nitrogens with two attached hydrogens (primary N) is 1. The van der Waals surface area contributed by atoms with Crippen molar-refractivity contribution in [1.29, 1.82) is 0 Å². The minimum absolute atomic E-state index is 0.192. The quantitative estimate of drug-likeness (QED) is 0.788. The number of halogens is 1. The molecule has 16 heavy (non-hydrogen) atoms. The molecule has 3 heteroatoms. The van der Waals surface area contributed by atoms with Gasteiger partial charge in [-0.2, -0.15) is 0 Å². The van der Waals surface area contributed by atoms with Crippen LogP contribution in [-0.2, 0) is 6.42 Å². The van der Waals surface area contributed by atoms with E-state index in [9.17, 15) is 0 Å². The lowest BCUT2D eigenvalue weighted by Crippen LogP contribution is -2.36. The second-order valence-corrected chi connectivity index (χ2v) is 5.84. The number of hydrogen-bond donors (Lipinski definition) is 2. The summed E-state index contributed by atoms with van der Waals surface area (Å²) < 4.78 is 1.15. The third kappa shape index (κ3) is 5.10. The van der Waals surface area contributed by atoms with Crippen LogP contribution in [0.4, 0.5) is 0 Å². The molecular formula is C13H21BrN2. The molecule has 0 amide bonds. The first-order valence-corrected chi connectivity index (χ1v) is 6.48. The van der Waals surface area contributed by atoms with Gasteiger partial charge in [-0.25, -0.2) is 0 Å². The SMILES string of the molecule is CC(C)(CN)CNCCc1cccc(Br)c1. The Balaban J connectivity index is 2.26. The van der Waals surface area contributed by atoms with Crippen LogP contribution in [0.2, 0.25) is 0 Å². The molecule has 0 aliphatic carbocycles. The Kier molecular flexibility index (Phi) is 5.46. The van der Waals surface area contributed by atoms with Crippen molar-refractivity contribution in [3.63, 3.8) is 0 Å². The van der Waals surface area contributed by atoms with Crippen LogP contribution in [0, 0.1) is 5.41 Å². The monoisotopic (exact) mass is 284 g/mol. The molecule has 0 bridgehead atoms. The number of benzene rings is 1. The predicted molar refractivity (Wildman–Crippen MR) is 73.6 cm³/mol. The summed E-state index contributed by atoms with van der Waals surface area (Å²) in [7, 11) is 0. The van der Waals surface area contributed by atoms with Crippen molar-refractivity contribution in [3.05, 3.63) is 34.3 Å². The third-order valence-electron chi connectivity index (χ3n) is 2.64. The first-order chi connectivity index (χ1) is 7.53. The molecule has 0 spiro atoms. The average Bonchev–Trinajstić information content (AvgIpc) is 2.25. The van der Waals surface area contributed by atoms with Crippen LogP contribution in [0.25, 0.3) is 0 Å². The molecule has 0 heterocycles. The summed E-state index contributed by atoms with van der Waals surface area (Å²) in [6.45, 7) is 7.05. The highest BCUT2D eigenvalue weighted by molar-refractivity contribution is 9.10. The lowest BCUT2D eigenvalue weighted by Gasteiger charge is -2.22. The Hall–Kier alpha value is -0.380. The van der Waals surface area contributed by atoms with Crippen LogP contribution in [-0.4, -0.2) is 19.6 Å². The van der Waals surface area contributed by atoms with Crippen molar-refractivity contribution >= 4 is 15.9 Å². The molecule has 0 unspecified atom stereocenters. The third-order valence-corrected chi connectivity index (χ3v) is 3.13. The van der Waals surface area contributed by atoms with E-state index < -0.39 is 0 Å². The van der Waals surface area contributed by atoms with Gasteiger partial charge in [0.2, 0.25) is 0 Å². The number of hydrogen-bond acceptors (Lipinski definition) is 2. The van der Waals surface area contributed by atoms with Gasteiger partial charge in [-0.3, -0.25) is 0 Å². The Labute approximate surface area is 107 Å². The molecular weight excluding hydrogens is 264 g/mol. The number of nitrogens with one attached hydrogen (secondary N) is 1. The van der Waals surface area contributed by atoms with E-state index >= 15 is 0 Å². The van der Waals surface area contributed by atoms with Gasteiger partial charge in [0.05, 0.1) is 0 Å². The van der Waals surface area contributed by atoms with Crippen LogP contribution in [0.3, 0.4) is 0 Å². The van der Waals surface area contributed by atoms with E-state index in [0.29, 0.717) is 0 Å². The topological polar surface area (TPSA) is 38.0 Å². The molecule has 1 aromatic rings. The molecule has 2 nitrogen and oxygen atoms in total. The molecule has 0 radical (unpaired) electrons. The molecule has 0 aliphatic heterocycles. The average molecular weight is 285 g/mol. The van der Waals surface area contributed by atoms with Crippen molar-refractivity contribution in [3.8, 4) is 0 Å². The van der Waals surface area contributed by atoms with Gasteiger partial charge in [0, 0.05) is 11.0 Å². The summed E-state index contributed by atoms with van der Waals surface area (Å²) >= 11 is 3.48. The van der Waals surface area contributed by atoms with Crippen LogP contribution in [0.15, 0.2) is 28.7 Å². The van der Waals surface area contributed by atoms with Gasteiger partial charge in [0.1, 0.15) is 0 Å². The Bertz CT molecular complexity index is 323. The Morgan fingerprint density at radius 3 is 2.75 bits per heavy atom. The van der Waals surface area contributed by atoms with Gasteiger partial charge in [-0.15, -0.1) is 0 Å². The molecule has 0 aromatic heterocycles. The van der Waals surface area contributed by atoms with Crippen LogP contribution < -0.4 is 11.1 Å². The van der Waals surface area contributed by atoms with Gasteiger partial charge < -0.3 is 11.1 Å². The van der Waals surface area contributed by atoms with Crippen molar-refractivity contribution in [2.45, 2.75) is 20.3 Å². The molecule has 3 N–H and O–H groups in total. The molecule has 0 aliphatic rings. The van der Waals surface area contributed by atoms with Crippen molar-refractivity contribution in [2.24, 2.45) is 11.1 Å². The van der Waals surface area contributed by atoms with Crippen LogP contribution in [0.1, 0.15) is 19.4 Å². The molecule has 90 valence electrons. The molecule has 0 atom stereocenters. The van der Waals surface area contributed by atoms with Gasteiger partial charge in [-0.05, 0) is 42.6 Å². The molecule has 0 fully saturated rings. The van der Waals surface area contributed by atoms with Crippen LogP contribution >= 0.6 is 15.9 Å². The molecule has 0 saturated carbocycles. The molecule has 0 saturated heterocycles. The standard InChI is InChI=1S/C13H21BrN2/c1-13(2,9-15)10-16-7-6-11-4-3-5-12(14)8-11/h3-5,8,16H,6-7,9-10,15H2,1-2H3. The lowest BCUT2D eigenvalue weighted by atomic mass is 9.94. The Morgan fingerprint density at radius 2 is 2.12 bits per heavy atom. The largest absolute Gasteiger partial charge is 0.330 e. The maximum absolute atomic E-state index is 5.67. The van der Waals surface area contributed by atoms with Gasteiger partial charge >= 0.3 is 0 Å². The molecule has 1 aromatic carbocycles. The zero-order valence-corrected chi connectivity index (χ0v) is 11.7. The lowest BCUT2D eigenvalue weighted by molar-refractivity contribution is 0.353. The Morgan fingerprint density at radius 1 is 1.38 bits per heavy atom. The van der Waals surface area contributed by atoms with Crippen molar-refractivity contribution in [1.82, 2.24) is 5.32 Å². The fraction of sp³-hybridized carbons (Fsp3) is 0.538. The minimum atomic E-state index is 0.192. The van der Waals surface area contributed by atoms with Gasteiger partial charge in [-0.1, -0.05) is 41.9 Å². The van der Waals surface area contributed by atoms with E-state index in [2.05, 4.69) is 59.4 Å². The van der Waals surface area contributed by atoms with Crippen molar-refractivity contribution < 1.29 is 0 Å². The van der Waals surface area contributed by atoms with E-state index in [-0.39, 0.29) is 5.41 Å². The van der Waals surface area contributed by atoms with E-state index in [1.54, 1.807) is 0 Å². The second kappa shape index (κ2) is 6.38. The summed E-state index contributed by atoms with van der Waals surface area (Å²) in [6, 6.07) is 8.44. The predicted octanol–water partition coefficient (Wildman–Crippen LogP) is 2.57. The summed E-state index contributed by atoms with van der Waals surface area (Å²) in [5.41, 5.74) is 7.22. The van der Waals surface area contributed by atoms with E-state index in [1.807, 2.05) is 0 Å². The van der Waals surface area contributed by atoms with E-state index in [4.69, 9.17) is 5.73 Å². The van der Waals surface area contributed by atoms with Crippen molar-refractivity contribution in [2.75, 3.05) is 19.6 Å². The summed E-state index contributed by atoms with van der Waals surface area (Å²) in [5.74, 6) is 0. The second-order valence-electron chi connectivity index (χ2n) is 4.93. The normalized spacial score (nSPS) is 11.8. The van der Waals surface area contributed by atoms with E-state index in [0.717, 1.165) is 30.5 Å². The number of rotatable bonds is 6. The molecule has 1 rings (SSSR count). The zero-order valence-electron chi connectivity index (χ0n) is 10.1. The summed E-state index contributed by atoms with van der Waals surface area (Å²) in [5, 5.41) is 3.45. The fourth-order valence-electron chi connectivity index (χ4n) is 1.42. The summed E-state index contributed by atoms with van der Waals surface area (Å²) in [4.78, 5) is 0. The van der Waals surface area contributed by atoms with Gasteiger partial charge in [0.25, 0.3) is 0 Å². The first kappa shape index (κ1) is 13.7. The van der Waals surface area contributed by atoms with Gasteiger partial charge in [0.15, 0.2) is 0 Å². The minimum Gasteiger partial charge on any atom is -0.330 e. The highest BCUT2D eigenvalue weighted by atomic mass is 79.9. The smallest absolute Gasteiger partial charge is 0.0178 e. The highest BCUT2D eigenvalue weighted by Gasteiger charge is 2.13. The maximum Gasteiger partial charge on any atom is 0.0178 e. The maximum atomic E-state index is 5.67. The zero-order chi connectivity index (χ0) is 12.0. The van der Waals surface area contributed by atoms with E-state index in [1.165, 1.54) is 5.56 Å². The summed E-state index contributed by atoms with van der Waals surface area (Å²) in [6.07, 6.45) is 1.06.